The summed E-state index contributed by atoms with van der Waals surface area (Å²) in [5, 5.41) is 5.45. The fourth-order valence-corrected chi connectivity index (χ4v) is 3.43. The molecule has 1 aliphatic rings. The molecule has 148 valence electrons. The highest BCUT2D eigenvalue weighted by Crippen LogP contribution is 2.21. The lowest BCUT2D eigenvalue weighted by molar-refractivity contribution is -0.115. The number of ether oxygens (including phenoxy) is 2. The number of rotatable bonds is 7. The molecular formula is C21H23BrN2O4. The minimum absolute atomic E-state index is 0.0658. The van der Waals surface area contributed by atoms with Crippen molar-refractivity contribution in [3.63, 3.8) is 0 Å². The van der Waals surface area contributed by atoms with Crippen LogP contribution in [0.4, 0.5) is 5.69 Å². The summed E-state index contributed by atoms with van der Waals surface area (Å²) >= 11 is 3.39. The topological polar surface area (TPSA) is 76.7 Å². The van der Waals surface area contributed by atoms with E-state index in [1.165, 1.54) is 0 Å². The quantitative estimate of drug-likeness (QED) is 0.679. The molecule has 2 aromatic rings. The predicted molar refractivity (Wildman–Crippen MR) is 111 cm³/mol. The van der Waals surface area contributed by atoms with Gasteiger partial charge < -0.3 is 20.1 Å². The van der Waals surface area contributed by atoms with Gasteiger partial charge in [0.15, 0.2) is 0 Å². The lowest BCUT2D eigenvalue weighted by atomic mass is 10.2. The Morgan fingerprint density at radius 2 is 2.07 bits per heavy atom. The van der Waals surface area contributed by atoms with E-state index in [1.807, 2.05) is 31.2 Å². The fraction of sp³-hybridized carbons (Fsp3) is 0.333. The summed E-state index contributed by atoms with van der Waals surface area (Å²) in [6, 6.07) is 12.6. The summed E-state index contributed by atoms with van der Waals surface area (Å²) in [5.41, 5.74) is 2.04. The zero-order valence-electron chi connectivity index (χ0n) is 15.7. The van der Waals surface area contributed by atoms with Gasteiger partial charge in [0.2, 0.25) is 5.91 Å². The monoisotopic (exact) mass is 446 g/mol. The summed E-state index contributed by atoms with van der Waals surface area (Å²) in [4.78, 5) is 24.7. The summed E-state index contributed by atoms with van der Waals surface area (Å²) in [6.07, 6.45) is 2.06. The summed E-state index contributed by atoms with van der Waals surface area (Å²) in [6.45, 7) is 2.94. The number of halogens is 1. The first-order valence-corrected chi connectivity index (χ1v) is 10.00. The Labute approximate surface area is 172 Å². The SMILES string of the molecule is Cc1cc(Br)ccc1NC(=O)CNC(=O)c1ccccc1OCC1CCCO1. The number of amides is 2. The van der Waals surface area contributed by atoms with Crippen LogP contribution in [0, 0.1) is 6.92 Å². The minimum Gasteiger partial charge on any atom is -0.490 e. The third-order valence-electron chi connectivity index (χ3n) is 4.45. The zero-order valence-corrected chi connectivity index (χ0v) is 17.3. The summed E-state index contributed by atoms with van der Waals surface area (Å²) < 4.78 is 12.3. The van der Waals surface area contributed by atoms with Gasteiger partial charge in [-0.1, -0.05) is 28.1 Å². The number of hydrogen-bond acceptors (Lipinski definition) is 4. The van der Waals surface area contributed by atoms with E-state index < -0.39 is 0 Å². The second kappa shape index (κ2) is 9.71. The van der Waals surface area contributed by atoms with E-state index in [9.17, 15) is 9.59 Å². The van der Waals surface area contributed by atoms with Gasteiger partial charge in [-0.05, 0) is 55.7 Å². The molecule has 0 bridgehead atoms. The Morgan fingerprint density at radius 3 is 2.82 bits per heavy atom. The van der Waals surface area contributed by atoms with Crippen molar-refractivity contribution in [1.82, 2.24) is 5.32 Å². The van der Waals surface area contributed by atoms with Crippen LogP contribution in [0.2, 0.25) is 0 Å². The molecule has 1 unspecified atom stereocenters. The van der Waals surface area contributed by atoms with Gasteiger partial charge >= 0.3 is 0 Å². The number of para-hydroxylation sites is 1. The van der Waals surface area contributed by atoms with E-state index in [4.69, 9.17) is 9.47 Å². The molecule has 2 aromatic carbocycles. The molecule has 28 heavy (non-hydrogen) atoms. The van der Waals surface area contributed by atoms with E-state index in [0.29, 0.717) is 23.6 Å². The molecule has 1 atom stereocenters. The van der Waals surface area contributed by atoms with Gasteiger partial charge in [-0.15, -0.1) is 0 Å². The Balaban J connectivity index is 1.54. The van der Waals surface area contributed by atoms with Crippen molar-refractivity contribution in [2.45, 2.75) is 25.9 Å². The van der Waals surface area contributed by atoms with Crippen molar-refractivity contribution in [3.05, 3.63) is 58.1 Å². The Kier molecular flexibility index (Phi) is 7.06. The van der Waals surface area contributed by atoms with Gasteiger partial charge in [0.05, 0.1) is 18.2 Å². The van der Waals surface area contributed by atoms with Gasteiger partial charge in [0.25, 0.3) is 5.91 Å². The van der Waals surface area contributed by atoms with E-state index in [0.717, 1.165) is 29.5 Å². The van der Waals surface area contributed by atoms with Crippen LogP contribution in [0.5, 0.6) is 5.75 Å². The molecule has 3 rings (SSSR count). The van der Waals surface area contributed by atoms with Gasteiger partial charge in [-0.3, -0.25) is 9.59 Å². The maximum absolute atomic E-state index is 12.5. The Bertz CT molecular complexity index is 850. The van der Waals surface area contributed by atoms with Crippen LogP contribution in [0.3, 0.4) is 0 Å². The second-order valence-electron chi connectivity index (χ2n) is 6.63. The molecular weight excluding hydrogens is 424 g/mol. The largest absolute Gasteiger partial charge is 0.490 e. The number of carbonyl (C=O) groups excluding carboxylic acids is 2. The van der Waals surface area contributed by atoms with Crippen LogP contribution in [0.15, 0.2) is 46.9 Å². The Morgan fingerprint density at radius 1 is 1.25 bits per heavy atom. The summed E-state index contributed by atoms with van der Waals surface area (Å²) in [5.74, 6) is -0.165. The maximum atomic E-state index is 12.5. The third-order valence-corrected chi connectivity index (χ3v) is 4.95. The normalized spacial score (nSPS) is 15.9. The maximum Gasteiger partial charge on any atom is 0.255 e. The second-order valence-corrected chi connectivity index (χ2v) is 7.55. The number of carbonyl (C=O) groups is 2. The highest BCUT2D eigenvalue weighted by Gasteiger charge is 2.18. The molecule has 0 spiro atoms. The molecule has 1 saturated heterocycles. The van der Waals surface area contributed by atoms with Crippen LogP contribution < -0.4 is 15.4 Å². The molecule has 1 heterocycles. The van der Waals surface area contributed by atoms with Crippen molar-refractivity contribution < 1.29 is 19.1 Å². The van der Waals surface area contributed by atoms with Gasteiger partial charge in [0.1, 0.15) is 12.4 Å². The number of nitrogens with one attached hydrogen (secondary N) is 2. The van der Waals surface area contributed by atoms with Gasteiger partial charge in [-0.25, -0.2) is 0 Å². The van der Waals surface area contributed by atoms with Gasteiger partial charge in [0, 0.05) is 16.8 Å². The molecule has 2 amide bonds. The lowest BCUT2D eigenvalue weighted by Gasteiger charge is -2.14. The van der Waals surface area contributed by atoms with Crippen LogP contribution >= 0.6 is 15.9 Å². The molecule has 0 aromatic heterocycles. The van der Waals surface area contributed by atoms with Crippen molar-refractivity contribution >= 4 is 33.4 Å². The van der Waals surface area contributed by atoms with E-state index in [1.54, 1.807) is 18.2 Å². The number of anilines is 1. The predicted octanol–water partition coefficient (Wildman–Crippen LogP) is 3.68. The number of benzene rings is 2. The third kappa shape index (κ3) is 5.56. The zero-order chi connectivity index (χ0) is 19.9. The highest BCUT2D eigenvalue weighted by molar-refractivity contribution is 9.10. The number of aryl methyl sites for hydroxylation is 1. The van der Waals surface area contributed by atoms with Crippen LogP contribution in [-0.2, 0) is 9.53 Å². The first-order valence-electron chi connectivity index (χ1n) is 9.20. The molecule has 0 aliphatic carbocycles. The molecule has 1 aliphatic heterocycles. The lowest BCUT2D eigenvalue weighted by Crippen LogP contribution is -2.33. The fourth-order valence-electron chi connectivity index (χ4n) is 2.96. The first-order chi connectivity index (χ1) is 13.5. The summed E-state index contributed by atoms with van der Waals surface area (Å²) in [7, 11) is 0. The van der Waals surface area contributed by atoms with E-state index in [-0.39, 0.29) is 24.5 Å². The molecule has 6 nitrogen and oxygen atoms in total. The average molecular weight is 447 g/mol. The van der Waals surface area contributed by atoms with E-state index >= 15 is 0 Å². The van der Waals surface area contributed by atoms with Gasteiger partial charge in [-0.2, -0.15) is 0 Å². The molecule has 1 fully saturated rings. The first kappa shape index (κ1) is 20.4. The molecule has 0 saturated carbocycles. The van der Waals surface area contributed by atoms with Crippen LogP contribution in [0.25, 0.3) is 0 Å². The molecule has 2 N–H and O–H groups in total. The van der Waals surface area contributed by atoms with Crippen molar-refractivity contribution in [2.24, 2.45) is 0 Å². The minimum atomic E-state index is -0.356. The van der Waals surface area contributed by atoms with E-state index in [2.05, 4.69) is 26.6 Å². The van der Waals surface area contributed by atoms with Crippen molar-refractivity contribution in [3.8, 4) is 5.75 Å². The number of hydrogen-bond donors (Lipinski definition) is 2. The van der Waals surface area contributed by atoms with Crippen LogP contribution in [-0.4, -0.2) is 37.7 Å². The Hall–Kier alpha value is -2.38. The van der Waals surface area contributed by atoms with Crippen molar-refractivity contribution in [2.75, 3.05) is 25.1 Å². The average Bonchev–Trinajstić information content (AvgIpc) is 3.20. The standard InChI is InChI=1S/C21H23BrN2O4/c1-14-11-15(22)8-9-18(14)24-20(25)12-23-21(26)17-6-2-3-7-19(17)28-13-16-5-4-10-27-16/h2-3,6-9,11,16H,4-5,10,12-13H2,1H3,(H,23,26)(H,24,25). The highest BCUT2D eigenvalue weighted by atomic mass is 79.9. The smallest absolute Gasteiger partial charge is 0.255 e. The molecule has 7 heteroatoms. The van der Waals surface area contributed by atoms with Crippen molar-refractivity contribution in [1.29, 1.82) is 0 Å². The molecule has 0 radical (unpaired) electrons. The van der Waals surface area contributed by atoms with Crippen LogP contribution in [0.1, 0.15) is 28.8 Å².